The van der Waals surface area contributed by atoms with Gasteiger partial charge in [0.15, 0.2) is 0 Å². The van der Waals surface area contributed by atoms with Gasteiger partial charge in [-0.25, -0.2) is 0 Å². The third kappa shape index (κ3) is 3.47. The van der Waals surface area contributed by atoms with Gasteiger partial charge in [-0.15, -0.1) is 0 Å². The molecule has 3 heteroatoms. The molecule has 1 saturated carbocycles. The van der Waals surface area contributed by atoms with Gasteiger partial charge in [0, 0.05) is 38.8 Å². The number of benzene rings is 1. The quantitative estimate of drug-likeness (QED) is 0.901. The number of ether oxygens (including phenoxy) is 1. The van der Waals surface area contributed by atoms with Crippen LogP contribution in [0.25, 0.3) is 0 Å². The van der Waals surface area contributed by atoms with Crippen LogP contribution in [0.3, 0.4) is 0 Å². The van der Waals surface area contributed by atoms with Crippen LogP contribution in [0.1, 0.15) is 31.7 Å². The molecular weight excluding hydrogens is 260 g/mol. The van der Waals surface area contributed by atoms with E-state index in [0.29, 0.717) is 12.1 Å². The molecule has 1 aliphatic heterocycles. The van der Waals surface area contributed by atoms with Crippen LogP contribution < -0.4 is 5.32 Å². The Bertz CT molecular complexity index is 438. The number of piperazine rings is 1. The molecule has 2 fully saturated rings. The third-order valence-corrected chi connectivity index (χ3v) is 5.29. The van der Waals surface area contributed by atoms with E-state index in [4.69, 9.17) is 4.74 Å². The molecule has 0 radical (unpaired) electrons. The zero-order valence-corrected chi connectivity index (χ0v) is 13.3. The molecule has 1 aromatic carbocycles. The topological polar surface area (TPSA) is 24.5 Å². The molecule has 1 aromatic rings. The maximum absolute atomic E-state index is 5.82. The Hall–Kier alpha value is -0.900. The molecule has 0 spiro atoms. The van der Waals surface area contributed by atoms with E-state index < -0.39 is 0 Å². The van der Waals surface area contributed by atoms with Gasteiger partial charge in [-0.3, -0.25) is 4.90 Å². The Kier molecular flexibility index (Phi) is 4.63. The van der Waals surface area contributed by atoms with Gasteiger partial charge in [-0.05, 0) is 38.2 Å². The predicted molar refractivity (Wildman–Crippen MR) is 86.6 cm³/mol. The van der Waals surface area contributed by atoms with E-state index in [0.717, 1.165) is 26.1 Å². The predicted octanol–water partition coefficient (Wildman–Crippen LogP) is 2.46. The summed E-state index contributed by atoms with van der Waals surface area (Å²) in [7, 11) is 1.88. The largest absolute Gasteiger partial charge is 0.377 e. The molecule has 21 heavy (non-hydrogen) atoms. The first-order valence-electron chi connectivity index (χ1n) is 8.27. The fourth-order valence-corrected chi connectivity index (χ4v) is 3.62. The highest BCUT2D eigenvalue weighted by molar-refractivity contribution is 5.16. The average molecular weight is 288 g/mol. The number of nitrogens with one attached hydrogen (secondary N) is 1. The summed E-state index contributed by atoms with van der Waals surface area (Å²) in [6.07, 6.45) is 4.89. The fraction of sp³-hybridized carbons (Fsp3) is 0.667. The highest BCUT2D eigenvalue weighted by atomic mass is 16.5. The lowest BCUT2D eigenvalue weighted by atomic mass is 9.79. The van der Waals surface area contributed by atoms with Crippen LogP contribution in [0.15, 0.2) is 30.3 Å². The number of rotatable bonds is 5. The third-order valence-electron chi connectivity index (χ3n) is 5.29. The molecule has 2 aliphatic rings. The second-order valence-electron chi connectivity index (χ2n) is 6.81. The van der Waals surface area contributed by atoms with Gasteiger partial charge in [0.25, 0.3) is 0 Å². The minimum absolute atomic E-state index is 0.142. The van der Waals surface area contributed by atoms with Crippen molar-refractivity contribution in [1.82, 2.24) is 10.2 Å². The highest BCUT2D eigenvalue weighted by Gasteiger charge is 2.40. The van der Waals surface area contributed by atoms with Crippen LogP contribution in [0.2, 0.25) is 0 Å². The molecule has 116 valence electrons. The lowest BCUT2D eigenvalue weighted by molar-refractivity contribution is -0.100. The first kappa shape index (κ1) is 15.0. The molecule has 1 heterocycles. The Morgan fingerprint density at radius 2 is 2.05 bits per heavy atom. The van der Waals surface area contributed by atoms with Crippen molar-refractivity contribution in [2.24, 2.45) is 0 Å². The number of methoxy groups -OCH3 is 1. The monoisotopic (exact) mass is 288 g/mol. The van der Waals surface area contributed by atoms with Crippen LogP contribution in [0.5, 0.6) is 0 Å². The van der Waals surface area contributed by atoms with Crippen LogP contribution in [-0.4, -0.2) is 49.3 Å². The summed E-state index contributed by atoms with van der Waals surface area (Å²) < 4.78 is 5.82. The lowest BCUT2D eigenvalue weighted by Gasteiger charge is -2.48. The summed E-state index contributed by atoms with van der Waals surface area (Å²) in [5, 5.41) is 3.70. The summed E-state index contributed by atoms with van der Waals surface area (Å²) in [5.41, 5.74) is 1.57. The van der Waals surface area contributed by atoms with Crippen molar-refractivity contribution < 1.29 is 4.74 Å². The standard InChI is InChI=1S/C18H28N2O/c1-15-12-19-17(11-16-7-4-3-5-8-16)13-20(15)14-18(21-2)9-6-10-18/h3-5,7-8,15,17,19H,6,9-14H2,1-2H3. The van der Waals surface area contributed by atoms with Crippen LogP contribution >= 0.6 is 0 Å². The second-order valence-corrected chi connectivity index (χ2v) is 6.81. The fourth-order valence-electron chi connectivity index (χ4n) is 3.62. The molecule has 1 saturated heterocycles. The van der Waals surface area contributed by atoms with Gasteiger partial charge in [-0.2, -0.15) is 0 Å². The maximum atomic E-state index is 5.82. The molecule has 0 amide bonds. The first-order chi connectivity index (χ1) is 10.2. The smallest absolute Gasteiger partial charge is 0.0805 e. The minimum atomic E-state index is 0.142. The van der Waals surface area contributed by atoms with E-state index in [1.165, 1.54) is 24.8 Å². The van der Waals surface area contributed by atoms with E-state index in [-0.39, 0.29) is 5.60 Å². The van der Waals surface area contributed by atoms with Crippen molar-refractivity contribution in [2.45, 2.75) is 50.3 Å². The van der Waals surface area contributed by atoms with Gasteiger partial charge in [0.05, 0.1) is 5.60 Å². The second kappa shape index (κ2) is 6.47. The van der Waals surface area contributed by atoms with E-state index in [1.54, 1.807) is 0 Å². The van der Waals surface area contributed by atoms with Crippen LogP contribution in [-0.2, 0) is 11.2 Å². The van der Waals surface area contributed by atoms with Crippen LogP contribution in [0.4, 0.5) is 0 Å². The van der Waals surface area contributed by atoms with Gasteiger partial charge in [0.2, 0.25) is 0 Å². The zero-order valence-electron chi connectivity index (χ0n) is 13.3. The number of nitrogens with zero attached hydrogens (tertiary/aromatic N) is 1. The van der Waals surface area contributed by atoms with Gasteiger partial charge >= 0.3 is 0 Å². The zero-order chi connectivity index (χ0) is 14.7. The van der Waals surface area contributed by atoms with Gasteiger partial charge in [-0.1, -0.05) is 30.3 Å². The molecule has 2 atom stereocenters. The number of hydrogen-bond acceptors (Lipinski definition) is 3. The average Bonchev–Trinajstić information content (AvgIpc) is 2.47. The first-order valence-corrected chi connectivity index (χ1v) is 8.27. The van der Waals surface area contributed by atoms with Crippen molar-refractivity contribution in [3.63, 3.8) is 0 Å². The lowest BCUT2D eigenvalue weighted by Crippen LogP contribution is -2.61. The molecule has 3 rings (SSSR count). The summed E-state index contributed by atoms with van der Waals surface area (Å²) in [6, 6.07) is 12.0. The van der Waals surface area contributed by atoms with E-state index >= 15 is 0 Å². The van der Waals surface area contributed by atoms with E-state index in [1.807, 2.05) is 7.11 Å². The Morgan fingerprint density at radius 1 is 1.29 bits per heavy atom. The van der Waals surface area contributed by atoms with E-state index in [2.05, 4.69) is 47.5 Å². The molecule has 2 unspecified atom stereocenters. The normalized spacial score (nSPS) is 29.0. The Labute approximate surface area is 128 Å². The van der Waals surface area contributed by atoms with E-state index in [9.17, 15) is 0 Å². The molecule has 1 N–H and O–H groups in total. The van der Waals surface area contributed by atoms with Crippen molar-refractivity contribution in [1.29, 1.82) is 0 Å². The molecule has 0 aromatic heterocycles. The van der Waals surface area contributed by atoms with Crippen molar-refractivity contribution in [3.05, 3.63) is 35.9 Å². The van der Waals surface area contributed by atoms with Crippen molar-refractivity contribution >= 4 is 0 Å². The molecule has 1 aliphatic carbocycles. The summed E-state index contributed by atoms with van der Waals surface area (Å²) in [4.78, 5) is 2.63. The summed E-state index contributed by atoms with van der Waals surface area (Å²) >= 11 is 0. The Balaban J connectivity index is 1.59. The minimum Gasteiger partial charge on any atom is -0.377 e. The highest BCUT2D eigenvalue weighted by Crippen LogP contribution is 2.36. The SMILES string of the molecule is COC1(CN2CC(Cc3ccccc3)NCC2C)CCC1. The summed E-state index contributed by atoms with van der Waals surface area (Å²) in [5.74, 6) is 0. The summed E-state index contributed by atoms with van der Waals surface area (Å²) in [6.45, 7) is 5.63. The van der Waals surface area contributed by atoms with Crippen LogP contribution in [0, 0.1) is 0 Å². The van der Waals surface area contributed by atoms with Crippen molar-refractivity contribution in [2.75, 3.05) is 26.7 Å². The maximum Gasteiger partial charge on any atom is 0.0805 e. The van der Waals surface area contributed by atoms with Gasteiger partial charge in [0.1, 0.15) is 0 Å². The molecular formula is C18H28N2O. The number of hydrogen-bond donors (Lipinski definition) is 1. The Morgan fingerprint density at radius 3 is 2.67 bits per heavy atom. The molecule has 3 nitrogen and oxygen atoms in total. The van der Waals surface area contributed by atoms with Crippen molar-refractivity contribution in [3.8, 4) is 0 Å². The molecule has 0 bridgehead atoms. The van der Waals surface area contributed by atoms with Gasteiger partial charge < -0.3 is 10.1 Å².